The molecule has 2 aromatic heterocycles. The van der Waals surface area contributed by atoms with Gasteiger partial charge in [0.05, 0.1) is 11.8 Å². The van der Waals surface area contributed by atoms with E-state index < -0.39 is 0 Å². The van der Waals surface area contributed by atoms with Crippen LogP contribution >= 0.6 is 0 Å². The predicted octanol–water partition coefficient (Wildman–Crippen LogP) is 2.38. The Morgan fingerprint density at radius 2 is 2.27 bits per heavy atom. The fourth-order valence-electron chi connectivity index (χ4n) is 2.62. The molecule has 1 N–H and O–H groups in total. The lowest BCUT2D eigenvalue weighted by molar-refractivity contribution is 0.0834. The van der Waals surface area contributed by atoms with Crippen LogP contribution in [0.1, 0.15) is 46.2 Å². The Kier molecular flexibility index (Phi) is 4.29. The first-order valence-corrected chi connectivity index (χ1v) is 7.53. The van der Waals surface area contributed by atoms with Gasteiger partial charge in [0.25, 0.3) is 5.91 Å². The van der Waals surface area contributed by atoms with E-state index in [4.69, 9.17) is 13.7 Å². The molecule has 0 radical (unpaired) electrons. The first kappa shape index (κ1) is 14.8. The molecule has 1 atom stereocenters. The SMILES string of the molecule is Cc1noc(C)c1Cc1ccc(C(=O)NCC2CCCO2)o1. The van der Waals surface area contributed by atoms with E-state index in [-0.39, 0.29) is 12.0 Å². The van der Waals surface area contributed by atoms with Crippen molar-refractivity contribution in [1.29, 1.82) is 0 Å². The molecule has 6 heteroatoms. The molecule has 1 unspecified atom stereocenters. The van der Waals surface area contributed by atoms with Gasteiger partial charge in [-0.25, -0.2) is 0 Å². The van der Waals surface area contributed by atoms with Gasteiger partial charge in [-0.3, -0.25) is 4.79 Å². The maximum atomic E-state index is 12.1. The molecular weight excluding hydrogens is 284 g/mol. The van der Waals surface area contributed by atoms with Crippen LogP contribution < -0.4 is 5.32 Å². The normalized spacial score (nSPS) is 17.8. The van der Waals surface area contributed by atoms with Crippen molar-refractivity contribution in [1.82, 2.24) is 10.5 Å². The summed E-state index contributed by atoms with van der Waals surface area (Å²) in [6.45, 7) is 5.07. The molecule has 0 spiro atoms. The van der Waals surface area contributed by atoms with Gasteiger partial charge in [-0.05, 0) is 38.8 Å². The van der Waals surface area contributed by atoms with E-state index in [0.29, 0.717) is 18.7 Å². The molecule has 3 heterocycles. The number of hydrogen-bond donors (Lipinski definition) is 1. The summed E-state index contributed by atoms with van der Waals surface area (Å²) in [6.07, 6.45) is 2.75. The minimum absolute atomic E-state index is 0.126. The van der Waals surface area contributed by atoms with Crippen LogP contribution in [-0.2, 0) is 11.2 Å². The number of carbonyl (C=O) groups is 1. The molecule has 0 aliphatic carbocycles. The molecule has 118 valence electrons. The third-order valence-corrected chi connectivity index (χ3v) is 3.93. The van der Waals surface area contributed by atoms with E-state index in [0.717, 1.165) is 42.2 Å². The largest absolute Gasteiger partial charge is 0.456 e. The Hall–Kier alpha value is -2.08. The van der Waals surface area contributed by atoms with Crippen LogP contribution in [0.3, 0.4) is 0 Å². The smallest absolute Gasteiger partial charge is 0.287 e. The second-order valence-corrected chi connectivity index (χ2v) is 5.59. The maximum absolute atomic E-state index is 12.1. The van der Waals surface area contributed by atoms with Gasteiger partial charge in [0, 0.05) is 25.1 Å². The Morgan fingerprint density at radius 3 is 2.95 bits per heavy atom. The van der Waals surface area contributed by atoms with E-state index in [1.165, 1.54) is 0 Å². The number of aryl methyl sites for hydroxylation is 2. The minimum Gasteiger partial charge on any atom is -0.456 e. The molecular formula is C16H20N2O4. The molecule has 1 aliphatic rings. The molecule has 22 heavy (non-hydrogen) atoms. The van der Waals surface area contributed by atoms with Gasteiger partial charge in [-0.15, -0.1) is 0 Å². The second kappa shape index (κ2) is 6.36. The first-order chi connectivity index (χ1) is 10.6. The summed E-state index contributed by atoms with van der Waals surface area (Å²) in [5.41, 5.74) is 1.85. The predicted molar refractivity (Wildman–Crippen MR) is 78.8 cm³/mol. The first-order valence-electron chi connectivity index (χ1n) is 7.53. The van der Waals surface area contributed by atoms with Crippen molar-refractivity contribution < 1.29 is 18.5 Å². The molecule has 6 nitrogen and oxygen atoms in total. The maximum Gasteiger partial charge on any atom is 0.287 e. The zero-order chi connectivity index (χ0) is 15.5. The Bertz CT molecular complexity index is 633. The Labute approximate surface area is 128 Å². The molecule has 1 aliphatic heterocycles. The molecule has 2 aromatic rings. The highest BCUT2D eigenvalue weighted by Crippen LogP contribution is 2.19. The van der Waals surface area contributed by atoms with Crippen LogP contribution in [-0.4, -0.2) is 30.3 Å². The number of ether oxygens (including phenoxy) is 1. The summed E-state index contributed by atoms with van der Waals surface area (Å²) in [6, 6.07) is 3.51. The molecule has 0 saturated carbocycles. The summed E-state index contributed by atoms with van der Waals surface area (Å²) in [5.74, 6) is 1.61. The number of rotatable bonds is 5. The molecule has 1 amide bonds. The monoisotopic (exact) mass is 304 g/mol. The number of hydrogen-bond acceptors (Lipinski definition) is 5. The molecule has 0 aromatic carbocycles. The van der Waals surface area contributed by atoms with Crippen molar-refractivity contribution in [2.75, 3.05) is 13.2 Å². The fraction of sp³-hybridized carbons (Fsp3) is 0.500. The zero-order valence-electron chi connectivity index (χ0n) is 12.8. The van der Waals surface area contributed by atoms with Gasteiger partial charge >= 0.3 is 0 Å². The third kappa shape index (κ3) is 3.22. The summed E-state index contributed by atoms with van der Waals surface area (Å²) >= 11 is 0. The van der Waals surface area contributed by atoms with Gasteiger partial charge in [0.15, 0.2) is 5.76 Å². The van der Waals surface area contributed by atoms with Gasteiger partial charge in [-0.1, -0.05) is 5.16 Å². The lowest BCUT2D eigenvalue weighted by Crippen LogP contribution is -2.31. The van der Waals surface area contributed by atoms with Crippen molar-refractivity contribution in [2.45, 2.75) is 39.2 Å². The van der Waals surface area contributed by atoms with Crippen molar-refractivity contribution >= 4 is 5.91 Å². The number of furan rings is 1. The highest BCUT2D eigenvalue weighted by molar-refractivity contribution is 5.91. The summed E-state index contributed by atoms with van der Waals surface area (Å²) in [7, 11) is 0. The minimum atomic E-state index is -0.208. The van der Waals surface area contributed by atoms with Crippen LogP contribution in [0.5, 0.6) is 0 Å². The van der Waals surface area contributed by atoms with Crippen LogP contribution in [0.2, 0.25) is 0 Å². The van der Waals surface area contributed by atoms with Crippen molar-refractivity contribution in [2.24, 2.45) is 0 Å². The third-order valence-electron chi connectivity index (χ3n) is 3.93. The standard InChI is InChI=1S/C16H20N2O4/c1-10-14(11(2)22-18-10)8-12-5-6-15(21-12)16(19)17-9-13-4-3-7-20-13/h5-6,13H,3-4,7-9H2,1-2H3,(H,17,19). The van der Waals surface area contributed by atoms with Crippen molar-refractivity contribution in [3.05, 3.63) is 40.7 Å². The summed E-state index contributed by atoms with van der Waals surface area (Å²) in [4.78, 5) is 12.1. The zero-order valence-corrected chi connectivity index (χ0v) is 12.8. The van der Waals surface area contributed by atoms with Gasteiger partial charge in [0.2, 0.25) is 0 Å². The van der Waals surface area contributed by atoms with E-state index in [9.17, 15) is 4.79 Å². The van der Waals surface area contributed by atoms with Crippen molar-refractivity contribution in [3.63, 3.8) is 0 Å². The van der Waals surface area contributed by atoms with Crippen LogP contribution in [0.4, 0.5) is 0 Å². The highest BCUT2D eigenvalue weighted by atomic mass is 16.5. The fourth-order valence-corrected chi connectivity index (χ4v) is 2.62. The number of nitrogens with zero attached hydrogens (tertiary/aromatic N) is 1. The number of carbonyl (C=O) groups excluding carboxylic acids is 1. The Balaban J connectivity index is 1.59. The van der Waals surface area contributed by atoms with E-state index in [1.807, 2.05) is 19.9 Å². The molecule has 0 bridgehead atoms. The summed E-state index contributed by atoms with van der Waals surface area (Å²) < 4.78 is 16.2. The van der Waals surface area contributed by atoms with Gasteiger partial charge in [-0.2, -0.15) is 0 Å². The van der Waals surface area contributed by atoms with Crippen LogP contribution in [0.15, 0.2) is 21.1 Å². The summed E-state index contributed by atoms with van der Waals surface area (Å²) in [5, 5.41) is 6.77. The number of amides is 1. The molecule has 1 saturated heterocycles. The average molecular weight is 304 g/mol. The number of nitrogens with one attached hydrogen (secondary N) is 1. The van der Waals surface area contributed by atoms with Gasteiger partial charge in [0.1, 0.15) is 11.5 Å². The van der Waals surface area contributed by atoms with E-state index in [1.54, 1.807) is 6.07 Å². The quantitative estimate of drug-likeness (QED) is 0.917. The number of aromatic nitrogens is 1. The van der Waals surface area contributed by atoms with Crippen LogP contribution in [0.25, 0.3) is 0 Å². The highest BCUT2D eigenvalue weighted by Gasteiger charge is 2.19. The van der Waals surface area contributed by atoms with E-state index in [2.05, 4.69) is 10.5 Å². The lowest BCUT2D eigenvalue weighted by atomic mass is 10.1. The second-order valence-electron chi connectivity index (χ2n) is 5.59. The Morgan fingerprint density at radius 1 is 1.41 bits per heavy atom. The van der Waals surface area contributed by atoms with Crippen molar-refractivity contribution in [3.8, 4) is 0 Å². The topological polar surface area (TPSA) is 77.5 Å². The molecule has 1 fully saturated rings. The van der Waals surface area contributed by atoms with E-state index >= 15 is 0 Å². The molecule has 3 rings (SSSR count). The van der Waals surface area contributed by atoms with Gasteiger partial charge < -0.3 is 19.0 Å². The lowest BCUT2D eigenvalue weighted by Gasteiger charge is -2.09. The van der Waals surface area contributed by atoms with Crippen LogP contribution in [0, 0.1) is 13.8 Å². The average Bonchev–Trinajstić information content (AvgIpc) is 3.23.